The van der Waals surface area contributed by atoms with Gasteiger partial charge in [0.2, 0.25) is 0 Å². The van der Waals surface area contributed by atoms with Gasteiger partial charge in [-0.25, -0.2) is 0 Å². The normalized spacial score (nSPS) is 11.6. The lowest BCUT2D eigenvalue weighted by Crippen LogP contribution is -2.16. The molecule has 0 amide bonds. The Morgan fingerprint density at radius 1 is 1.59 bits per heavy atom. The van der Waals surface area contributed by atoms with Crippen LogP contribution in [0.25, 0.3) is 0 Å². The van der Waals surface area contributed by atoms with E-state index >= 15 is 0 Å². The Labute approximate surface area is 110 Å². The highest BCUT2D eigenvalue weighted by Gasteiger charge is 2.21. The van der Waals surface area contributed by atoms with Crippen molar-refractivity contribution in [3.05, 3.63) is 34.3 Å². The van der Waals surface area contributed by atoms with Gasteiger partial charge in [0.05, 0.1) is 18.6 Å². The zero-order valence-corrected chi connectivity index (χ0v) is 11.2. The van der Waals surface area contributed by atoms with Gasteiger partial charge in [-0.1, -0.05) is 28.1 Å². The minimum absolute atomic E-state index is 0.263. The molecule has 0 saturated carbocycles. The first-order valence-electron chi connectivity index (χ1n) is 5.48. The molecule has 1 aromatic rings. The molecule has 90 valence electrons. The average molecular weight is 296 g/mol. The number of hydrogen-bond acceptors (Lipinski definition) is 3. The Bertz CT molecular complexity index is 426. The van der Waals surface area contributed by atoms with Gasteiger partial charge >= 0.3 is 5.97 Å². The molecule has 1 unspecified atom stereocenters. The van der Waals surface area contributed by atoms with Crippen LogP contribution in [0.1, 0.15) is 31.2 Å². The van der Waals surface area contributed by atoms with Gasteiger partial charge in [0.15, 0.2) is 0 Å². The van der Waals surface area contributed by atoms with Crippen molar-refractivity contribution in [3.63, 3.8) is 0 Å². The second-order valence-corrected chi connectivity index (χ2v) is 4.47. The van der Waals surface area contributed by atoms with Gasteiger partial charge in [-0.05, 0) is 31.0 Å². The highest BCUT2D eigenvalue weighted by atomic mass is 79.9. The maximum absolute atomic E-state index is 11.8. The molecular weight excluding hydrogens is 282 g/mol. The van der Waals surface area contributed by atoms with Crippen LogP contribution >= 0.6 is 15.9 Å². The molecule has 4 heteroatoms. The first-order valence-corrected chi connectivity index (χ1v) is 6.27. The quantitative estimate of drug-likeness (QED) is 0.782. The Morgan fingerprint density at radius 3 is 2.94 bits per heavy atom. The van der Waals surface area contributed by atoms with Crippen molar-refractivity contribution in [2.45, 2.75) is 25.7 Å². The molecule has 0 aliphatic heterocycles. The summed E-state index contributed by atoms with van der Waals surface area (Å²) >= 11 is 3.37. The summed E-state index contributed by atoms with van der Waals surface area (Å²) in [5.74, 6) is -0.618. The molecule has 0 saturated heterocycles. The van der Waals surface area contributed by atoms with Crippen molar-refractivity contribution < 1.29 is 9.53 Å². The number of carbonyl (C=O) groups excluding carboxylic acids is 1. The van der Waals surface area contributed by atoms with E-state index in [9.17, 15) is 4.79 Å². The van der Waals surface area contributed by atoms with Gasteiger partial charge in [0.1, 0.15) is 0 Å². The molecule has 0 spiro atoms. The average Bonchev–Trinajstić information content (AvgIpc) is 2.30. The zero-order chi connectivity index (χ0) is 12.7. The highest BCUT2D eigenvalue weighted by molar-refractivity contribution is 9.10. The molecule has 3 nitrogen and oxygen atoms in total. The monoisotopic (exact) mass is 295 g/mol. The summed E-state index contributed by atoms with van der Waals surface area (Å²) in [5.41, 5.74) is 0.882. The standard InChI is InChI=1S/C13H14BrNO2/c1-2-17-13(16)12(7-4-8-15)10-5-3-6-11(14)9-10/h3,5-6,9,12H,2,4,7H2,1H3. The fraction of sp³-hybridized carbons (Fsp3) is 0.385. The summed E-state index contributed by atoms with van der Waals surface area (Å²) in [4.78, 5) is 11.8. The smallest absolute Gasteiger partial charge is 0.313 e. The zero-order valence-electron chi connectivity index (χ0n) is 9.65. The van der Waals surface area contributed by atoms with E-state index in [1.807, 2.05) is 24.3 Å². The van der Waals surface area contributed by atoms with Gasteiger partial charge in [-0.15, -0.1) is 0 Å². The van der Waals surface area contributed by atoms with Crippen LogP contribution in [-0.2, 0) is 9.53 Å². The minimum atomic E-state index is -0.355. The number of esters is 1. The number of nitriles is 1. The fourth-order valence-electron chi connectivity index (χ4n) is 1.60. The predicted molar refractivity (Wildman–Crippen MR) is 68.4 cm³/mol. The molecule has 0 heterocycles. The Hall–Kier alpha value is -1.34. The van der Waals surface area contributed by atoms with E-state index in [0.717, 1.165) is 10.0 Å². The van der Waals surface area contributed by atoms with Gasteiger partial charge in [-0.3, -0.25) is 4.79 Å². The predicted octanol–water partition coefficient (Wildman–Crippen LogP) is 3.40. The van der Waals surface area contributed by atoms with E-state index in [0.29, 0.717) is 19.4 Å². The summed E-state index contributed by atoms with van der Waals surface area (Å²) < 4.78 is 5.95. The largest absolute Gasteiger partial charge is 0.466 e. The second-order valence-electron chi connectivity index (χ2n) is 3.56. The minimum Gasteiger partial charge on any atom is -0.466 e. The fourth-order valence-corrected chi connectivity index (χ4v) is 2.01. The topological polar surface area (TPSA) is 50.1 Å². The third-order valence-electron chi connectivity index (χ3n) is 2.37. The molecule has 0 radical (unpaired) electrons. The van der Waals surface area contributed by atoms with Crippen LogP contribution in [0.3, 0.4) is 0 Å². The van der Waals surface area contributed by atoms with E-state index in [1.165, 1.54) is 0 Å². The summed E-state index contributed by atoms with van der Waals surface area (Å²) in [5, 5.41) is 8.62. The molecule has 0 bridgehead atoms. The molecule has 0 aromatic heterocycles. The number of benzene rings is 1. The lowest BCUT2D eigenvalue weighted by Gasteiger charge is -2.14. The van der Waals surface area contributed by atoms with Crippen LogP contribution in [-0.4, -0.2) is 12.6 Å². The highest BCUT2D eigenvalue weighted by Crippen LogP contribution is 2.25. The Balaban J connectivity index is 2.89. The van der Waals surface area contributed by atoms with Gasteiger partial charge in [0.25, 0.3) is 0 Å². The van der Waals surface area contributed by atoms with Crippen LogP contribution in [0.2, 0.25) is 0 Å². The summed E-state index contributed by atoms with van der Waals surface area (Å²) in [6.07, 6.45) is 0.835. The molecule has 0 N–H and O–H groups in total. The number of hydrogen-bond donors (Lipinski definition) is 0. The molecule has 1 rings (SSSR count). The number of nitrogens with zero attached hydrogens (tertiary/aromatic N) is 1. The van der Waals surface area contributed by atoms with Crippen molar-refractivity contribution in [1.29, 1.82) is 5.26 Å². The van der Waals surface area contributed by atoms with Crippen LogP contribution in [0.15, 0.2) is 28.7 Å². The van der Waals surface area contributed by atoms with Crippen LogP contribution in [0.4, 0.5) is 0 Å². The lowest BCUT2D eigenvalue weighted by molar-refractivity contribution is -0.145. The van der Waals surface area contributed by atoms with Crippen LogP contribution in [0.5, 0.6) is 0 Å². The van der Waals surface area contributed by atoms with Crippen molar-refractivity contribution in [1.82, 2.24) is 0 Å². The number of halogens is 1. The number of rotatable bonds is 5. The lowest BCUT2D eigenvalue weighted by atomic mass is 9.94. The van der Waals surface area contributed by atoms with E-state index < -0.39 is 0 Å². The van der Waals surface area contributed by atoms with Crippen LogP contribution < -0.4 is 0 Å². The first kappa shape index (κ1) is 13.7. The SMILES string of the molecule is CCOC(=O)C(CCC#N)c1cccc(Br)c1. The molecule has 1 atom stereocenters. The van der Waals surface area contributed by atoms with Crippen molar-refractivity contribution >= 4 is 21.9 Å². The molecule has 0 aliphatic carbocycles. The Kier molecular flexibility index (Phi) is 5.71. The Morgan fingerprint density at radius 2 is 2.35 bits per heavy atom. The third kappa shape index (κ3) is 4.20. The third-order valence-corrected chi connectivity index (χ3v) is 2.86. The molecule has 0 aliphatic rings. The van der Waals surface area contributed by atoms with E-state index in [2.05, 4.69) is 22.0 Å². The van der Waals surface area contributed by atoms with Crippen molar-refractivity contribution in [3.8, 4) is 6.07 Å². The maximum Gasteiger partial charge on any atom is 0.313 e. The van der Waals surface area contributed by atoms with E-state index in [4.69, 9.17) is 10.00 Å². The van der Waals surface area contributed by atoms with Gasteiger partial charge in [-0.2, -0.15) is 5.26 Å². The molecule has 0 fully saturated rings. The van der Waals surface area contributed by atoms with Crippen molar-refractivity contribution in [2.24, 2.45) is 0 Å². The number of ether oxygens (including phenoxy) is 1. The number of carbonyl (C=O) groups is 1. The summed E-state index contributed by atoms with van der Waals surface area (Å²) in [6, 6.07) is 9.60. The van der Waals surface area contributed by atoms with Gasteiger partial charge in [0, 0.05) is 10.9 Å². The molecule has 17 heavy (non-hydrogen) atoms. The van der Waals surface area contributed by atoms with Gasteiger partial charge < -0.3 is 4.74 Å². The maximum atomic E-state index is 11.8. The molecule has 1 aromatic carbocycles. The second kappa shape index (κ2) is 7.08. The van der Waals surface area contributed by atoms with E-state index in [-0.39, 0.29) is 11.9 Å². The van der Waals surface area contributed by atoms with E-state index in [1.54, 1.807) is 6.92 Å². The summed E-state index contributed by atoms with van der Waals surface area (Å²) in [7, 11) is 0. The van der Waals surface area contributed by atoms with Crippen LogP contribution in [0, 0.1) is 11.3 Å². The first-order chi connectivity index (χ1) is 8.19. The van der Waals surface area contributed by atoms with Crippen molar-refractivity contribution in [2.75, 3.05) is 6.61 Å². The molecular formula is C13H14BrNO2. The summed E-state index contributed by atoms with van der Waals surface area (Å²) in [6.45, 7) is 2.13.